The summed E-state index contributed by atoms with van der Waals surface area (Å²) in [5.41, 5.74) is 8.03. The largest absolute Gasteiger partial charge is 0.421 e. The normalized spacial score (nSPS) is 11.2. The molecule has 0 saturated carbocycles. The molecule has 0 aliphatic rings. The summed E-state index contributed by atoms with van der Waals surface area (Å²) < 4.78 is 7.00. The van der Waals surface area contributed by atoms with Gasteiger partial charge in [-0.25, -0.2) is 10.2 Å². The number of rotatable bonds is 6. The van der Waals surface area contributed by atoms with E-state index in [9.17, 15) is 9.59 Å². The first-order chi connectivity index (χ1) is 19.2. The number of hydrogen-bond acceptors (Lipinski definition) is 4. The van der Waals surface area contributed by atoms with Crippen molar-refractivity contribution in [1.29, 1.82) is 0 Å². The molecule has 4 aromatic carbocycles. The molecule has 0 aliphatic carbocycles. The lowest BCUT2D eigenvalue weighted by atomic mass is 10.0. The molecule has 0 saturated heterocycles. The van der Waals surface area contributed by atoms with Crippen molar-refractivity contribution in [3.05, 3.63) is 121 Å². The van der Waals surface area contributed by atoms with E-state index in [1.54, 1.807) is 36.4 Å². The standard InChI is InChI=1S/C31H22Br2ClN3O3/c1-17-7-5-9-19(13-17)31(39)40-29-20(14-21(32)15-24(29)33)16-35-37-30(38)28-26(22-10-3-4-12-25(22)34)23-11-6-8-18(2)27(23)36-28/h3-16,36H,1-2H3,(H,37,38). The number of nitrogens with one attached hydrogen (secondary N) is 2. The second-order valence-corrected chi connectivity index (χ2v) is 11.3. The van der Waals surface area contributed by atoms with Gasteiger partial charge in [0.15, 0.2) is 5.75 Å². The van der Waals surface area contributed by atoms with Crippen molar-refractivity contribution in [3.63, 3.8) is 0 Å². The number of hydrogen-bond donors (Lipinski definition) is 2. The minimum absolute atomic E-state index is 0.269. The Morgan fingerprint density at radius 2 is 1.75 bits per heavy atom. The van der Waals surface area contributed by atoms with E-state index in [1.165, 1.54) is 6.21 Å². The number of H-pyrrole nitrogens is 1. The zero-order chi connectivity index (χ0) is 28.4. The van der Waals surface area contributed by atoms with Crippen LogP contribution in [0.15, 0.2) is 92.9 Å². The predicted molar refractivity (Wildman–Crippen MR) is 167 cm³/mol. The summed E-state index contributed by atoms with van der Waals surface area (Å²) in [6, 6.07) is 23.9. The number of esters is 1. The van der Waals surface area contributed by atoms with Gasteiger partial charge in [0, 0.05) is 37.1 Å². The topological polar surface area (TPSA) is 83.5 Å². The monoisotopic (exact) mass is 677 g/mol. The number of amides is 1. The Morgan fingerprint density at radius 1 is 0.975 bits per heavy atom. The summed E-state index contributed by atoms with van der Waals surface area (Å²) in [4.78, 5) is 29.5. The first-order valence-corrected chi connectivity index (χ1v) is 14.2. The van der Waals surface area contributed by atoms with E-state index in [-0.39, 0.29) is 5.75 Å². The van der Waals surface area contributed by atoms with Crippen LogP contribution in [-0.2, 0) is 0 Å². The van der Waals surface area contributed by atoms with Gasteiger partial charge in [0.2, 0.25) is 0 Å². The fourth-order valence-electron chi connectivity index (χ4n) is 4.40. The second-order valence-electron chi connectivity index (χ2n) is 9.12. The number of aryl methyl sites for hydroxylation is 2. The van der Waals surface area contributed by atoms with Gasteiger partial charge in [-0.15, -0.1) is 0 Å². The van der Waals surface area contributed by atoms with Crippen LogP contribution < -0.4 is 10.2 Å². The SMILES string of the molecule is Cc1cccc(C(=O)Oc2c(Br)cc(Br)cc2C=NNC(=O)c2[nH]c3c(C)cccc3c2-c2ccccc2Cl)c1. The average Bonchev–Trinajstić information content (AvgIpc) is 3.31. The molecule has 1 amide bonds. The third kappa shape index (κ3) is 5.75. The Kier molecular flexibility index (Phi) is 8.21. The van der Waals surface area contributed by atoms with Crippen LogP contribution in [0.5, 0.6) is 5.75 Å². The van der Waals surface area contributed by atoms with Gasteiger partial charge < -0.3 is 9.72 Å². The molecule has 1 aromatic heterocycles. The summed E-state index contributed by atoms with van der Waals surface area (Å²) in [5, 5.41) is 5.60. The van der Waals surface area contributed by atoms with Crippen LogP contribution in [-0.4, -0.2) is 23.1 Å². The Hall–Kier alpha value is -3.72. The van der Waals surface area contributed by atoms with Crippen molar-refractivity contribution in [2.75, 3.05) is 0 Å². The maximum Gasteiger partial charge on any atom is 0.343 e. The van der Waals surface area contributed by atoms with Gasteiger partial charge in [0.25, 0.3) is 5.91 Å². The van der Waals surface area contributed by atoms with Crippen molar-refractivity contribution in [2.24, 2.45) is 5.10 Å². The van der Waals surface area contributed by atoms with E-state index in [0.717, 1.165) is 32.1 Å². The molecule has 6 nitrogen and oxygen atoms in total. The first-order valence-electron chi connectivity index (χ1n) is 12.2. The van der Waals surface area contributed by atoms with Gasteiger partial charge in [-0.3, -0.25) is 4.79 Å². The smallest absolute Gasteiger partial charge is 0.343 e. The summed E-state index contributed by atoms with van der Waals surface area (Å²) in [5.74, 6) is -0.692. The van der Waals surface area contributed by atoms with E-state index in [1.807, 2.05) is 56.3 Å². The van der Waals surface area contributed by atoms with Crippen LogP contribution >= 0.6 is 43.5 Å². The number of ether oxygens (including phenoxy) is 1. The fraction of sp³-hybridized carbons (Fsp3) is 0.0645. The molecule has 200 valence electrons. The van der Waals surface area contributed by atoms with Gasteiger partial charge in [-0.2, -0.15) is 5.10 Å². The minimum Gasteiger partial charge on any atom is -0.421 e. The molecule has 40 heavy (non-hydrogen) atoms. The molecule has 0 atom stereocenters. The highest BCUT2D eigenvalue weighted by Gasteiger charge is 2.22. The van der Waals surface area contributed by atoms with E-state index in [2.05, 4.69) is 47.4 Å². The second kappa shape index (κ2) is 11.8. The summed E-state index contributed by atoms with van der Waals surface area (Å²) in [6.07, 6.45) is 1.43. The lowest BCUT2D eigenvalue weighted by Crippen LogP contribution is -2.19. The number of para-hydroxylation sites is 1. The maximum atomic E-state index is 13.4. The number of aromatic nitrogens is 1. The van der Waals surface area contributed by atoms with Gasteiger partial charge in [-0.1, -0.05) is 81.6 Å². The molecule has 2 N–H and O–H groups in total. The predicted octanol–water partition coefficient (Wildman–Crippen LogP) is 8.61. The number of aromatic amines is 1. The van der Waals surface area contributed by atoms with E-state index in [0.29, 0.717) is 31.9 Å². The molecule has 0 unspecified atom stereocenters. The van der Waals surface area contributed by atoms with Crippen LogP contribution in [0.3, 0.4) is 0 Å². The summed E-state index contributed by atoms with van der Waals surface area (Å²) >= 11 is 13.5. The molecule has 9 heteroatoms. The lowest BCUT2D eigenvalue weighted by Gasteiger charge is -2.11. The Balaban J connectivity index is 1.46. The molecule has 1 heterocycles. The number of carbonyl (C=O) groups excluding carboxylic acids is 2. The Morgan fingerprint density at radius 3 is 2.52 bits per heavy atom. The number of halogens is 3. The number of fused-ring (bicyclic) bond motifs is 1. The Labute approximate surface area is 252 Å². The van der Waals surface area contributed by atoms with Crippen LogP contribution in [0.1, 0.15) is 37.5 Å². The van der Waals surface area contributed by atoms with Crippen LogP contribution in [0.2, 0.25) is 5.02 Å². The molecular weight excluding hydrogens is 658 g/mol. The summed E-state index contributed by atoms with van der Waals surface area (Å²) in [7, 11) is 0. The maximum absolute atomic E-state index is 13.4. The van der Waals surface area contributed by atoms with Gasteiger partial charge >= 0.3 is 5.97 Å². The molecule has 0 bridgehead atoms. The molecule has 0 aliphatic heterocycles. The summed E-state index contributed by atoms with van der Waals surface area (Å²) in [6.45, 7) is 3.87. The van der Waals surface area contributed by atoms with Crippen molar-refractivity contribution >= 4 is 72.5 Å². The zero-order valence-electron chi connectivity index (χ0n) is 21.4. The third-order valence-electron chi connectivity index (χ3n) is 6.27. The van der Waals surface area contributed by atoms with Crippen molar-refractivity contribution in [1.82, 2.24) is 10.4 Å². The molecule has 5 rings (SSSR count). The number of hydrazone groups is 1. The van der Waals surface area contributed by atoms with Gasteiger partial charge in [0.1, 0.15) is 5.69 Å². The van der Waals surface area contributed by atoms with E-state index in [4.69, 9.17) is 16.3 Å². The van der Waals surface area contributed by atoms with E-state index < -0.39 is 11.9 Å². The molecular formula is C31H22Br2ClN3O3. The number of nitrogens with zero attached hydrogens (tertiary/aromatic N) is 1. The molecule has 5 aromatic rings. The van der Waals surface area contributed by atoms with Crippen molar-refractivity contribution < 1.29 is 14.3 Å². The quantitative estimate of drug-likeness (QED) is 0.0816. The van der Waals surface area contributed by atoms with Crippen LogP contribution in [0.4, 0.5) is 0 Å². The minimum atomic E-state index is -0.511. The molecule has 0 fully saturated rings. The number of carbonyl (C=O) groups is 2. The molecule has 0 radical (unpaired) electrons. The third-order valence-corrected chi connectivity index (χ3v) is 7.64. The van der Waals surface area contributed by atoms with Crippen LogP contribution in [0.25, 0.3) is 22.0 Å². The van der Waals surface area contributed by atoms with Crippen LogP contribution in [0, 0.1) is 13.8 Å². The fourth-order valence-corrected chi connectivity index (χ4v) is 5.97. The highest BCUT2D eigenvalue weighted by atomic mass is 79.9. The van der Waals surface area contributed by atoms with Crippen molar-refractivity contribution in [2.45, 2.75) is 13.8 Å². The zero-order valence-corrected chi connectivity index (χ0v) is 25.3. The van der Waals surface area contributed by atoms with Gasteiger partial charge in [0.05, 0.1) is 16.3 Å². The average molecular weight is 680 g/mol. The van der Waals surface area contributed by atoms with E-state index >= 15 is 0 Å². The number of benzene rings is 4. The first kappa shape index (κ1) is 27.8. The molecule has 0 spiro atoms. The lowest BCUT2D eigenvalue weighted by molar-refractivity contribution is 0.0732. The highest BCUT2D eigenvalue weighted by Crippen LogP contribution is 2.37. The highest BCUT2D eigenvalue weighted by molar-refractivity contribution is 9.11. The Bertz CT molecular complexity index is 1810. The van der Waals surface area contributed by atoms with Gasteiger partial charge in [-0.05, 0) is 65.7 Å². The van der Waals surface area contributed by atoms with Crippen molar-refractivity contribution in [3.8, 4) is 16.9 Å².